The molecule has 3 aliphatic rings. The fraction of sp³-hybridized carbons (Fsp3) is 0.545. The highest BCUT2D eigenvalue weighted by Crippen LogP contribution is 2.51. The Labute approximate surface area is 175 Å². The number of nitrogens with zero attached hydrogens (tertiary/aromatic N) is 1. The van der Waals surface area contributed by atoms with E-state index < -0.39 is 30.3 Å². The summed E-state index contributed by atoms with van der Waals surface area (Å²) in [7, 11) is 4.75. The molecule has 0 bridgehead atoms. The van der Waals surface area contributed by atoms with Crippen LogP contribution in [0.2, 0.25) is 0 Å². The van der Waals surface area contributed by atoms with Gasteiger partial charge in [0.25, 0.3) is 0 Å². The van der Waals surface area contributed by atoms with Crippen LogP contribution in [-0.2, 0) is 30.3 Å². The molecule has 4 rings (SSSR count). The van der Waals surface area contributed by atoms with Crippen molar-refractivity contribution in [3.8, 4) is 11.5 Å². The van der Waals surface area contributed by atoms with Crippen molar-refractivity contribution in [2.75, 3.05) is 27.9 Å². The van der Waals surface area contributed by atoms with E-state index >= 15 is 0 Å². The van der Waals surface area contributed by atoms with Crippen LogP contribution in [0.4, 0.5) is 0 Å². The summed E-state index contributed by atoms with van der Waals surface area (Å²) < 4.78 is 28.3. The number of methoxy groups -OCH3 is 3. The summed E-state index contributed by atoms with van der Waals surface area (Å²) in [6, 6.07) is 3.88. The minimum Gasteiger partial charge on any atom is -0.493 e. The van der Waals surface area contributed by atoms with Gasteiger partial charge in [-0.3, -0.25) is 14.5 Å². The standard InChI is InChI=1S/C22H27NO7/c1-11(24)29-20-14-6-7-23-10-13-8-16(26-3)17(27-4)9-15(13)18(19(14)23)21(22(20)28-5)30-12(2)25/h6,8-9,18-22H,7,10H2,1-5H3/t18-,19+,20+,21-,22-/m0/s1. The summed E-state index contributed by atoms with van der Waals surface area (Å²) in [4.78, 5) is 26.2. The number of rotatable bonds is 5. The SMILES string of the molecule is COc1cc2c(cc1OC)[C@@H]1[C@H](OC(C)=O)[C@@H](OC)[C@H](OC(C)=O)C3=CCN(C2)[C@H]31. The average molecular weight is 417 g/mol. The Morgan fingerprint density at radius 2 is 1.63 bits per heavy atom. The van der Waals surface area contributed by atoms with Crippen molar-refractivity contribution < 1.29 is 33.3 Å². The first-order chi connectivity index (χ1) is 14.4. The highest BCUT2D eigenvalue weighted by molar-refractivity contribution is 5.68. The Hall–Kier alpha value is -2.58. The third-order valence-electron chi connectivity index (χ3n) is 6.19. The van der Waals surface area contributed by atoms with Crippen molar-refractivity contribution in [1.82, 2.24) is 4.90 Å². The van der Waals surface area contributed by atoms with Gasteiger partial charge in [0.05, 0.1) is 14.2 Å². The Bertz CT molecular complexity index is 896. The highest BCUT2D eigenvalue weighted by atomic mass is 16.6. The van der Waals surface area contributed by atoms with E-state index in [1.54, 1.807) is 21.3 Å². The van der Waals surface area contributed by atoms with Crippen LogP contribution in [0, 0.1) is 0 Å². The minimum atomic E-state index is -0.628. The maximum atomic E-state index is 12.0. The Balaban J connectivity index is 1.87. The first kappa shape index (κ1) is 20.7. The van der Waals surface area contributed by atoms with E-state index in [-0.39, 0.29) is 12.0 Å². The maximum Gasteiger partial charge on any atom is 0.303 e. The summed E-state index contributed by atoms with van der Waals surface area (Å²) >= 11 is 0. The lowest BCUT2D eigenvalue weighted by Gasteiger charge is -2.50. The number of esters is 2. The van der Waals surface area contributed by atoms with Gasteiger partial charge in [-0.05, 0) is 28.8 Å². The molecule has 1 aromatic rings. The van der Waals surface area contributed by atoms with Crippen molar-refractivity contribution >= 4 is 11.9 Å². The van der Waals surface area contributed by atoms with Gasteiger partial charge in [0.2, 0.25) is 0 Å². The first-order valence-electron chi connectivity index (χ1n) is 9.95. The normalized spacial score (nSPS) is 29.4. The molecule has 1 saturated carbocycles. The molecule has 0 radical (unpaired) electrons. The summed E-state index contributed by atoms with van der Waals surface area (Å²) in [6.45, 7) is 4.17. The predicted molar refractivity (Wildman–Crippen MR) is 106 cm³/mol. The maximum absolute atomic E-state index is 12.0. The lowest BCUT2D eigenvalue weighted by Crippen LogP contribution is -2.60. The highest BCUT2D eigenvalue weighted by Gasteiger charge is 2.57. The first-order valence-corrected chi connectivity index (χ1v) is 9.95. The molecule has 2 heterocycles. The van der Waals surface area contributed by atoms with Crippen LogP contribution in [0.15, 0.2) is 23.8 Å². The number of carbonyl (C=O) groups is 2. The summed E-state index contributed by atoms with van der Waals surface area (Å²) in [6.07, 6.45) is 0.243. The summed E-state index contributed by atoms with van der Waals surface area (Å²) in [5.41, 5.74) is 3.10. The molecule has 1 aromatic carbocycles. The van der Waals surface area contributed by atoms with E-state index in [0.717, 1.165) is 16.7 Å². The largest absolute Gasteiger partial charge is 0.493 e. The minimum absolute atomic E-state index is 0.0595. The van der Waals surface area contributed by atoms with E-state index in [9.17, 15) is 9.59 Å². The number of benzene rings is 1. The van der Waals surface area contributed by atoms with E-state index in [1.165, 1.54) is 13.8 Å². The lowest BCUT2D eigenvalue weighted by molar-refractivity contribution is -0.178. The summed E-state index contributed by atoms with van der Waals surface area (Å²) in [5.74, 6) is 0.272. The quantitative estimate of drug-likeness (QED) is 0.530. The zero-order chi connectivity index (χ0) is 21.6. The molecule has 30 heavy (non-hydrogen) atoms. The zero-order valence-electron chi connectivity index (χ0n) is 17.8. The fourth-order valence-electron chi connectivity index (χ4n) is 5.15. The topological polar surface area (TPSA) is 83.5 Å². The van der Waals surface area contributed by atoms with Gasteiger partial charge < -0.3 is 23.7 Å². The van der Waals surface area contributed by atoms with Gasteiger partial charge in [0.15, 0.2) is 17.6 Å². The Morgan fingerprint density at radius 1 is 0.967 bits per heavy atom. The van der Waals surface area contributed by atoms with E-state index in [0.29, 0.717) is 24.6 Å². The third-order valence-corrected chi connectivity index (χ3v) is 6.19. The molecule has 8 heteroatoms. The van der Waals surface area contributed by atoms with Gasteiger partial charge >= 0.3 is 11.9 Å². The van der Waals surface area contributed by atoms with Crippen molar-refractivity contribution in [2.45, 2.75) is 50.7 Å². The van der Waals surface area contributed by atoms with Crippen LogP contribution in [0.1, 0.15) is 30.9 Å². The van der Waals surface area contributed by atoms with Crippen LogP contribution in [0.25, 0.3) is 0 Å². The smallest absolute Gasteiger partial charge is 0.303 e. The molecule has 162 valence electrons. The number of hydrogen-bond donors (Lipinski definition) is 0. The van der Waals surface area contributed by atoms with Crippen molar-refractivity contribution in [3.63, 3.8) is 0 Å². The zero-order valence-corrected chi connectivity index (χ0v) is 17.8. The van der Waals surface area contributed by atoms with Crippen LogP contribution in [0.3, 0.4) is 0 Å². The molecule has 8 nitrogen and oxygen atoms in total. The molecule has 1 fully saturated rings. The Morgan fingerprint density at radius 3 is 2.23 bits per heavy atom. The molecule has 0 saturated heterocycles. The molecule has 1 aliphatic carbocycles. The second-order valence-corrected chi connectivity index (χ2v) is 7.81. The molecular weight excluding hydrogens is 390 g/mol. The molecule has 0 amide bonds. The molecule has 0 N–H and O–H groups in total. The van der Waals surface area contributed by atoms with Gasteiger partial charge in [-0.1, -0.05) is 6.08 Å². The number of fused-ring (bicyclic) bond motifs is 2. The van der Waals surface area contributed by atoms with Crippen molar-refractivity contribution in [3.05, 3.63) is 34.9 Å². The van der Waals surface area contributed by atoms with E-state index in [4.69, 9.17) is 23.7 Å². The third kappa shape index (κ3) is 3.24. The second-order valence-electron chi connectivity index (χ2n) is 7.81. The number of carbonyl (C=O) groups excluding carboxylic acids is 2. The van der Waals surface area contributed by atoms with Crippen molar-refractivity contribution in [1.29, 1.82) is 0 Å². The average Bonchev–Trinajstić information content (AvgIpc) is 3.12. The molecular formula is C22H27NO7. The molecule has 0 unspecified atom stereocenters. The number of ether oxygens (including phenoxy) is 5. The van der Waals surface area contributed by atoms with Gasteiger partial charge in [-0.15, -0.1) is 0 Å². The lowest BCUT2D eigenvalue weighted by atomic mass is 9.69. The van der Waals surface area contributed by atoms with Crippen LogP contribution < -0.4 is 9.47 Å². The fourth-order valence-corrected chi connectivity index (χ4v) is 5.15. The molecule has 0 spiro atoms. The van der Waals surface area contributed by atoms with Gasteiger partial charge in [0.1, 0.15) is 12.2 Å². The van der Waals surface area contributed by atoms with E-state index in [1.807, 2.05) is 12.1 Å². The van der Waals surface area contributed by atoms with E-state index in [2.05, 4.69) is 11.0 Å². The second kappa shape index (κ2) is 7.92. The van der Waals surface area contributed by atoms with Gasteiger partial charge in [-0.2, -0.15) is 0 Å². The molecule has 5 atom stereocenters. The van der Waals surface area contributed by atoms with Crippen LogP contribution >= 0.6 is 0 Å². The predicted octanol–water partition coefficient (Wildman–Crippen LogP) is 1.80. The van der Waals surface area contributed by atoms with Crippen molar-refractivity contribution in [2.24, 2.45) is 0 Å². The molecule has 2 aliphatic heterocycles. The number of hydrogen-bond acceptors (Lipinski definition) is 8. The van der Waals surface area contributed by atoms with Gasteiger partial charge in [-0.25, -0.2) is 0 Å². The monoisotopic (exact) mass is 417 g/mol. The van der Waals surface area contributed by atoms with Crippen LogP contribution in [-0.4, -0.2) is 69.1 Å². The molecule has 0 aromatic heterocycles. The van der Waals surface area contributed by atoms with Crippen LogP contribution in [0.5, 0.6) is 11.5 Å². The summed E-state index contributed by atoms with van der Waals surface area (Å²) in [5, 5.41) is 0. The Kier molecular flexibility index (Phi) is 5.46. The van der Waals surface area contributed by atoms with Gasteiger partial charge in [0, 0.05) is 46.0 Å².